The molecule has 0 saturated heterocycles. The van der Waals surface area contributed by atoms with E-state index in [9.17, 15) is 0 Å². The van der Waals surface area contributed by atoms with Gasteiger partial charge in [0.15, 0.2) is 0 Å². The lowest BCUT2D eigenvalue weighted by Gasteiger charge is -2.09. The lowest BCUT2D eigenvalue weighted by Crippen LogP contribution is -1.92. The number of rotatable bonds is 2. The minimum Gasteiger partial charge on any atom is -0.236 e. The van der Waals surface area contributed by atoms with Crippen LogP contribution in [0.3, 0.4) is 0 Å². The molecule has 0 N–H and O–H groups in total. The molecule has 0 atom stereocenters. The van der Waals surface area contributed by atoms with Crippen molar-refractivity contribution >= 4 is 10.9 Å². The predicted octanol–water partition coefficient (Wildman–Crippen LogP) is 4.42. The van der Waals surface area contributed by atoms with Crippen molar-refractivity contribution in [3.8, 4) is 11.3 Å². The normalized spacial score (nSPS) is 11.1. The summed E-state index contributed by atoms with van der Waals surface area (Å²) in [5.74, 6) is 0.513. The zero-order chi connectivity index (χ0) is 13.2. The second-order valence-corrected chi connectivity index (χ2v) is 5.02. The average Bonchev–Trinajstić information content (AvgIpc) is 2.47. The third-order valence-corrected chi connectivity index (χ3v) is 3.37. The standard InChI is InChI=1S/C17H16N2/c1-12(2)14-8-9-15-16(10-14)18-11-19-17(15)13-6-4-3-5-7-13/h3-12H,1-2H3. The predicted molar refractivity (Wildman–Crippen MR) is 79.1 cm³/mol. The fourth-order valence-corrected chi connectivity index (χ4v) is 2.26. The smallest absolute Gasteiger partial charge is 0.116 e. The van der Waals surface area contributed by atoms with Crippen molar-refractivity contribution in [1.29, 1.82) is 0 Å². The Hall–Kier alpha value is -2.22. The van der Waals surface area contributed by atoms with Crippen molar-refractivity contribution in [2.24, 2.45) is 0 Å². The molecule has 19 heavy (non-hydrogen) atoms. The Morgan fingerprint density at radius 3 is 2.42 bits per heavy atom. The van der Waals surface area contributed by atoms with Crippen LogP contribution in [0.25, 0.3) is 22.2 Å². The van der Waals surface area contributed by atoms with Gasteiger partial charge in [-0.25, -0.2) is 9.97 Å². The Balaban J connectivity index is 2.22. The first-order valence-corrected chi connectivity index (χ1v) is 6.56. The first-order valence-electron chi connectivity index (χ1n) is 6.56. The van der Waals surface area contributed by atoms with E-state index in [0.717, 1.165) is 22.2 Å². The molecule has 0 fully saturated rings. The van der Waals surface area contributed by atoms with E-state index in [1.165, 1.54) is 5.56 Å². The molecule has 2 nitrogen and oxygen atoms in total. The average molecular weight is 248 g/mol. The Labute approximate surface area is 113 Å². The van der Waals surface area contributed by atoms with Gasteiger partial charge in [-0.2, -0.15) is 0 Å². The largest absolute Gasteiger partial charge is 0.236 e. The molecular formula is C17H16N2. The van der Waals surface area contributed by atoms with E-state index in [1.54, 1.807) is 6.33 Å². The number of hydrogen-bond acceptors (Lipinski definition) is 2. The van der Waals surface area contributed by atoms with Crippen LogP contribution in [0.2, 0.25) is 0 Å². The molecule has 0 spiro atoms. The molecule has 0 aliphatic heterocycles. The molecule has 3 aromatic rings. The van der Waals surface area contributed by atoms with Gasteiger partial charge in [0.05, 0.1) is 11.2 Å². The monoisotopic (exact) mass is 248 g/mol. The molecule has 0 bridgehead atoms. The van der Waals surface area contributed by atoms with Gasteiger partial charge in [-0.1, -0.05) is 56.3 Å². The molecule has 2 aromatic carbocycles. The van der Waals surface area contributed by atoms with Crippen LogP contribution in [0, 0.1) is 0 Å². The summed E-state index contributed by atoms with van der Waals surface area (Å²) < 4.78 is 0. The molecule has 94 valence electrons. The van der Waals surface area contributed by atoms with Crippen LogP contribution in [-0.2, 0) is 0 Å². The van der Waals surface area contributed by atoms with Gasteiger partial charge in [0.25, 0.3) is 0 Å². The summed E-state index contributed by atoms with van der Waals surface area (Å²) in [7, 11) is 0. The summed E-state index contributed by atoms with van der Waals surface area (Å²) in [4.78, 5) is 8.84. The van der Waals surface area contributed by atoms with E-state index in [1.807, 2.05) is 18.2 Å². The molecule has 0 unspecified atom stereocenters. The minimum atomic E-state index is 0.513. The summed E-state index contributed by atoms with van der Waals surface area (Å²) in [5.41, 5.74) is 4.46. The van der Waals surface area contributed by atoms with Crippen molar-refractivity contribution < 1.29 is 0 Å². The fraction of sp³-hybridized carbons (Fsp3) is 0.176. The minimum absolute atomic E-state index is 0.513. The zero-order valence-corrected chi connectivity index (χ0v) is 11.2. The Morgan fingerprint density at radius 1 is 0.895 bits per heavy atom. The van der Waals surface area contributed by atoms with E-state index >= 15 is 0 Å². The number of aromatic nitrogens is 2. The lowest BCUT2D eigenvalue weighted by molar-refractivity contribution is 0.868. The van der Waals surface area contributed by atoms with E-state index < -0.39 is 0 Å². The quantitative estimate of drug-likeness (QED) is 0.671. The summed E-state index contributed by atoms with van der Waals surface area (Å²) in [5, 5.41) is 1.11. The topological polar surface area (TPSA) is 25.8 Å². The highest BCUT2D eigenvalue weighted by Gasteiger charge is 2.07. The first kappa shape index (κ1) is 11.8. The lowest BCUT2D eigenvalue weighted by atomic mass is 9.99. The highest BCUT2D eigenvalue weighted by atomic mass is 14.8. The van der Waals surface area contributed by atoms with Crippen LogP contribution in [0.5, 0.6) is 0 Å². The van der Waals surface area contributed by atoms with E-state index in [4.69, 9.17) is 0 Å². The van der Waals surface area contributed by atoms with Crippen molar-refractivity contribution in [2.45, 2.75) is 19.8 Å². The van der Waals surface area contributed by atoms with Crippen molar-refractivity contribution in [3.63, 3.8) is 0 Å². The molecule has 2 heteroatoms. The van der Waals surface area contributed by atoms with Gasteiger partial charge in [0.2, 0.25) is 0 Å². The number of fused-ring (bicyclic) bond motifs is 1. The van der Waals surface area contributed by atoms with Gasteiger partial charge in [-0.05, 0) is 17.5 Å². The van der Waals surface area contributed by atoms with Crippen LogP contribution in [-0.4, -0.2) is 9.97 Å². The summed E-state index contributed by atoms with van der Waals surface area (Å²) in [6.07, 6.45) is 1.65. The highest BCUT2D eigenvalue weighted by molar-refractivity contribution is 5.92. The van der Waals surface area contributed by atoms with Crippen LogP contribution in [0.4, 0.5) is 0 Å². The summed E-state index contributed by atoms with van der Waals surface area (Å²) in [6.45, 7) is 4.39. The van der Waals surface area contributed by atoms with E-state index in [0.29, 0.717) is 5.92 Å². The van der Waals surface area contributed by atoms with Gasteiger partial charge in [-0.3, -0.25) is 0 Å². The third kappa shape index (κ3) is 2.22. The van der Waals surface area contributed by atoms with E-state index in [2.05, 4.69) is 54.1 Å². The van der Waals surface area contributed by atoms with Crippen molar-refractivity contribution in [2.75, 3.05) is 0 Å². The van der Waals surface area contributed by atoms with Gasteiger partial charge in [0, 0.05) is 10.9 Å². The Bertz CT molecular complexity index is 703. The van der Waals surface area contributed by atoms with Crippen LogP contribution >= 0.6 is 0 Å². The van der Waals surface area contributed by atoms with Crippen molar-refractivity contribution in [1.82, 2.24) is 9.97 Å². The molecule has 0 aliphatic carbocycles. The second-order valence-electron chi connectivity index (χ2n) is 5.02. The van der Waals surface area contributed by atoms with Crippen LogP contribution in [0.1, 0.15) is 25.3 Å². The Morgan fingerprint density at radius 2 is 1.68 bits per heavy atom. The molecule has 1 heterocycles. The third-order valence-electron chi connectivity index (χ3n) is 3.37. The van der Waals surface area contributed by atoms with Gasteiger partial charge in [0.1, 0.15) is 6.33 Å². The molecule has 0 aliphatic rings. The fourth-order valence-electron chi connectivity index (χ4n) is 2.26. The first-order chi connectivity index (χ1) is 9.25. The van der Waals surface area contributed by atoms with Gasteiger partial charge < -0.3 is 0 Å². The molecular weight excluding hydrogens is 232 g/mol. The number of benzene rings is 2. The summed E-state index contributed by atoms with van der Waals surface area (Å²) in [6, 6.07) is 16.7. The molecule has 0 saturated carbocycles. The number of nitrogens with zero attached hydrogens (tertiary/aromatic N) is 2. The molecule has 0 radical (unpaired) electrons. The van der Waals surface area contributed by atoms with Gasteiger partial charge in [-0.15, -0.1) is 0 Å². The maximum Gasteiger partial charge on any atom is 0.116 e. The number of hydrogen-bond donors (Lipinski definition) is 0. The van der Waals surface area contributed by atoms with E-state index in [-0.39, 0.29) is 0 Å². The Kier molecular flexibility index (Phi) is 3.00. The highest BCUT2D eigenvalue weighted by Crippen LogP contribution is 2.27. The van der Waals surface area contributed by atoms with Gasteiger partial charge >= 0.3 is 0 Å². The van der Waals surface area contributed by atoms with Crippen LogP contribution < -0.4 is 0 Å². The maximum atomic E-state index is 4.44. The van der Waals surface area contributed by atoms with Crippen LogP contribution in [0.15, 0.2) is 54.9 Å². The molecule has 0 amide bonds. The SMILES string of the molecule is CC(C)c1ccc2c(-c3ccccc3)ncnc2c1. The summed E-state index contributed by atoms with van der Waals surface area (Å²) >= 11 is 0. The van der Waals surface area contributed by atoms with Crippen molar-refractivity contribution in [3.05, 3.63) is 60.4 Å². The molecule has 1 aromatic heterocycles. The maximum absolute atomic E-state index is 4.44. The molecule has 3 rings (SSSR count). The second kappa shape index (κ2) is 4.81. The zero-order valence-electron chi connectivity index (χ0n) is 11.2.